The lowest BCUT2D eigenvalue weighted by molar-refractivity contribution is 0.00791. The van der Waals surface area contributed by atoms with Crippen molar-refractivity contribution >= 4 is 22.5 Å². The predicted octanol–water partition coefficient (Wildman–Crippen LogP) is 2.72. The van der Waals surface area contributed by atoms with Crippen molar-refractivity contribution in [2.45, 2.75) is 37.8 Å². The molecule has 0 bridgehead atoms. The van der Waals surface area contributed by atoms with E-state index in [9.17, 15) is 0 Å². The van der Waals surface area contributed by atoms with Crippen molar-refractivity contribution in [2.75, 3.05) is 31.6 Å². The molecule has 0 atom stereocenters. The van der Waals surface area contributed by atoms with E-state index in [0.29, 0.717) is 12.1 Å². The Morgan fingerprint density at radius 2 is 1.87 bits per heavy atom. The molecule has 160 valence electrons. The van der Waals surface area contributed by atoms with E-state index in [0.717, 1.165) is 72.8 Å². The number of rotatable bonds is 4. The van der Waals surface area contributed by atoms with E-state index in [4.69, 9.17) is 4.74 Å². The van der Waals surface area contributed by atoms with Crippen LogP contribution in [0.1, 0.15) is 25.7 Å². The number of pyridine rings is 1. The Labute approximate surface area is 179 Å². The largest absolute Gasteiger partial charge is 0.379 e. The van der Waals surface area contributed by atoms with Crippen LogP contribution >= 0.6 is 0 Å². The highest BCUT2D eigenvalue weighted by Crippen LogP contribution is 2.34. The van der Waals surface area contributed by atoms with Gasteiger partial charge in [0.05, 0.1) is 18.6 Å². The average Bonchev–Trinajstić information content (AvgIpc) is 3.47. The minimum Gasteiger partial charge on any atom is -0.379 e. The van der Waals surface area contributed by atoms with Crippen LogP contribution in [0.2, 0.25) is 0 Å². The molecule has 1 saturated heterocycles. The van der Waals surface area contributed by atoms with Crippen molar-refractivity contribution in [3.63, 3.8) is 0 Å². The first-order valence-electron chi connectivity index (χ1n) is 11.1. The highest BCUT2D eigenvalue weighted by molar-refractivity contribution is 6.00. The topological polar surface area (TPSA) is 96.3 Å². The highest BCUT2D eigenvalue weighted by Gasteiger charge is 2.27. The zero-order chi connectivity index (χ0) is 20.6. The summed E-state index contributed by atoms with van der Waals surface area (Å²) in [6.07, 6.45) is 11.9. The van der Waals surface area contributed by atoms with Crippen molar-refractivity contribution in [3.05, 3.63) is 37.2 Å². The molecule has 4 aromatic rings. The fourth-order valence-electron chi connectivity index (χ4n) is 5.00. The van der Waals surface area contributed by atoms with Crippen LogP contribution in [-0.2, 0) is 4.74 Å². The standard InChI is InChI=1S/C22H26N8O/c1-6-19-24-14-27-30(19)12-15(1)18-11-23-21-20(18)22(26-13-25-21)28-16-2-4-17(5-3-16)29-7-9-31-10-8-29/h1,6,11-14,16-17H,2-5,7-10H2,(H2,23,25,26,28). The van der Waals surface area contributed by atoms with Crippen LogP contribution in [0.5, 0.6) is 0 Å². The summed E-state index contributed by atoms with van der Waals surface area (Å²) in [7, 11) is 0. The fourth-order valence-corrected chi connectivity index (χ4v) is 5.00. The Kier molecular flexibility index (Phi) is 4.77. The Morgan fingerprint density at radius 1 is 1.00 bits per heavy atom. The van der Waals surface area contributed by atoms with Gasteiger partial charge in [-0.2, -0.15) is 5.10 Å². The van der Waals surface area contributed by atoms with E-state index in [1.165, 1.54) is 12.8 Å². The fraction of sp³-hybridized carbons (Fsp3) is 0.455. The molecule has 9 nitrogen and oxygen atoms in total. The lowest BCUT2D eigenvalue weighted by atomic mass is 9.90. The quantitative estimate of drug-likeness (QED) is 0.526. The average molecular weight is 419 g/mol. The van der Waals surface area contributed by atoms with Gasteiger partial charge in [0, 0.05) is 48.7 Å². The van der Waals surface area contributed by atoms with Crippen LogP contribution in [0, 0.1) is 0 Å². The first kappa shape index (κ1) is 18.7. The second-order valence-corrected chi connectivity index (χ2v) is 8.43. The number of ether oxygens (including phenoxy) is 1. The van der Waals surface area contributed by atoms with E-state index < -0.39 is 0 Å². The van der Waals surface area contributed by atoms with Gasteiger partial charge in [0.2, 0.25) is 0 Å². The summed E-state index contributed by atoms with van der Waals surface area (Å²) < 4.78 is 7.30. The van der Waals surface area contributed by atoms with Crippen molar-refractivity contribution in [2.24, 2.45) is 0 Å². The monoisotopic (exact) mass is 418 g/mol. The molecule has 0 aromatic carbocycles. The van der Waals surface area contributed by atoms with Gasteiger partial charge in [0.25, 0.3) is 0 Å². The smallest absolute Gasteiger partial charge is 0.155 e. The maximum absolute atomic E-state index is 5.51. The van der Waals surface area contributed by atoms with Gasteiger partial charge in [-0.05, 0) is 37.8 Å². The molecule has 31 heavy (non-hydrogen) atoms. The van der Waals surface area contributed by atoms with Crippen LogP contribution in [0.25, 0.3) is 27.8 Å². The molecular weight excluding hydrogens is 392 g/mol. The molecular formula is C22H26N8O. The second-order valence-electron chi connectivity index (χ2n) is 8.43. The molecule has 2 aliphatic rings. The minimum absolute atomic E-state index is 0.427. The minimum atomic E-state index is 0.427. The van der Waals surface area contributed by atoms with Crippen molar-refractivity contribution in [1.82, 2.24) is 34.4 Å². The van der Waals surface area contributed by atoms with Gasteiger partial charge in [0.1, 0.15) is 24.1 Å². The second kappa shape index (κ2) is 7.90. The van der Waals surface area contributed by atoms with Crippen LogP contribution in [0.15, 0.2) is 37.2 Å². The van der Waals surface area contributed by atoms with Crippen molar-refractivity contribution in [3.8, 4) is 11.1 Å². The number of nitrogens with zero attached hydrogens (tertiary/aromatic N) is 6. The third kappa shape index (κ3) is 3.53. The number of hydrogen-bond acceptors (Lipinski definition) is 7. The molecule has 0 amide bonds. The first-order valence-corrected chi connectivity index (χ1v) is 11.1. The zero-order valence-corrected chi connectivity index (χ0v) is 17.4. The molecule has 9 heteroatoms. The number of morpholine rings is 1. The molecule has 6 rings (SSSR count). The van der Waals surface area contributed by atoms with Crippen molar-refractivity contribution in [1.29, 1.82) is 0 Å². The van der Waals surface area contributed by atoms with Crippen LogP contribution in [0.3, 0.4) is 0 Å². The Hall–Kier alpha value is -3.04. The number of aromatic amines is 1. The molecule has 4 aromatic heterocycles. The summed E-state index contributed by atoms with van der Waals surface area (Å²) in [6, 6.07) is 5.16. The maximum Gasteiger partial charge on any atom is 0.155 e. The molecule has 0 spiro atoms. The van der Waals surface area contributed by atoms with E-state index in [1.54, 1.807) is 17.2 Å². The number of hydrogen-bond donors (Lipinski definition) is 2. The number of H-pyrrole nitrogens is 1. The Bertz CT molecular complexity index is 1190. The van der Waals surface area contributed by atoms with Gasteiger partial charge in [-0.3, -0.25) is 4.90 Å². The summed E-state index contributed by atoms with van der Waals surface area (Å²) in [5, 5.41) is 9.02. The number of nitrogens with one attached hydrogen (secondary N) is 2. The molecule has 0 radical (unpaired) electrons. The van der Waals surface area contributed by atoms with Gasteiger partial charge in [-0.15, -0.1) is 0 Å². The van der Waals surface area contributed by atoms with E-state index in [1.807, 2.05) is 18.5 Å². The summed E-state index contributed by atoms with van der Waals surface area (Å²) in [5.41, 5.74) is 3.79. The SMILES string of the molecule is c1nc(NC2CCC(N3CCOCC3)CC2)c2c(-c3ccc4ncnn4c3)c[nH]c2n1. The van der Waals surface area contributed by atoms with Crippen LogP contribution < -0.4 is 5.32 Å². The van der Waals surface area contributed by atoms with E-state index in [-0.39, 0.29) is 0 Å². The number of aromatic nitrogens is 6. The maximum atomic E-state index is 5.51. The van der Waals surface area contributed by atoms with Gasteiger partial charge in [-0.25, -0.2) is 19.5 Å². The molecule has 1 aliphatic heterocycles. The lowest BCUT2D eigenvalue weighted by Gasteiger charge is -2.39. The third-order valence-corrected chi connectivity index (χ3v) is 6.65. The van der Waals surface area contributed by atoms with Crippen LogP contribution in [0.4, 0.5) is 5.82 Å². The van der Waals surface area contributed by atoms with Gasteiger partial charge < -0.3 is 15.0 Å². The molecule has 1 saturated carbocycles. The zero-order valence-electron chi connectivity index (χ0n) is 17.4. The first-order chi connectivity index (χ1) is 15.3. The van der Waals surface area contributed by atoms with Crippen LogP contribution in [-0.4, -0.2) is 72.8 Å². The molecule has 1 aliphatic carbocycles. The molecule has 2 fully saturated rings. The lowest BCUT2D eigenvalue weighted by Crippen LogP contribution is -2.46. The van der Waals surface area contributed by atoms with Gasteiger partial charge in [-0.1, -0.05) is 0 Å². The number of anilines is 1. The third-order valence-electron chi connectivity index (χ3n) is 6.65. The summed E-state index contributed by atoms with van der Waals surface area (Å²) in [5.74, 6) is 0.898. The normalized spacial score (nSPS) is 22.8. The summed E-state index contributed by atoms with van der Waals surface area (Å²) in [6.45, 7) is 3.87. The van der Waals surface area contributed by atoms with E-state index in [2.05, 4.69) is 41.3 Å². The van der Waals surface area contributed by atoms with Crippen molar-refractivity contribution < 1.29 is 4.74 Å². The molecule has 5 heterocycles. The molecule has 2 N–H and O–H groups in total. The van der Waals surface area contributed by atoms with E-state index >= 15 is 0 Å². The van der Waals surface area contributed by atoms with Gasteiger partial charge >= 0.3 is 0 Å². The summed E-state index contributed by atoms with van der Waals surface area (Å²) in [4.78, 5) is 19.2. The van der Waals surface area contributed by atoms with Gasteiger partial charge in [0.15, 0.2) is 5.65 Å². The predicted molar refractivity (Wildman–Crippen MR) is 118 cm³/mol. The highest BCUT2D eigenvalue weighted by atomic mass is 16.5. The number of fused-ring (bicyclic) bond motifs is 2. The Balaban J connectivity index is 1.24. The molecule has 0 unspecified atom stereocenters. The Morgan fingerprint density at radius 3 is 2.74 bits per heavy atom. The summed E-state index contributed by atoms with van der Waals surface area (Å²) >= 11 is 0.